The molecule has 122 valence electrons. The quantitative estimate of drug-likeness (QED) is 0.745. The number of halogens is 2. The lowest BCUT2D eigenvalue weighted by molar-refractivity contribution is 0.0497. The molecule has 0 radical (unpaired) electrons. The number of carbonyl (C=O) groups excluding carboxylic acids is 1. The summed E-state index contributed by atoms with van der Waals surface area (Å²) in [6, 6.07) is 1.54. The number of rotatable bonds is 2. The van der Waals surface area contributed by atoms with Gasteiger partial charge in [0.05, 0.1) is 3.57 Å². The van der Waals surface area contributed by atoms with Crippen molar-refractivity contribution in [3.8, 4) is 0 Å². The van der Waals surface area contributed by atoms with Gasteiger partial charge in [0, 0.05) is 31.4 Å². The molecule has 0 bridgehead atoms. The zero-order valence-corrected chi connectivity index (χ0v) is 15.2. The molecule has 0 saturated carbocycles. The number of alkyl carbamates (subject to hydrolysis) is 1. The maximum atomic E-state index is 13.6. The highest BCUT2D eigenvalue weighted by atomic mass is 127. The third kappa shape index (κ3) is 4.96. The molecule has 5 nitrogen and oxygen atoms in total. The van der Waals surface area contributed by atoms with Crippen LogP contribution in [0.3, 0.4) is 0 Å². The largest absolute Gasteiger partial charge is 0.444 e. The second-order valence-electron chi connectivity index (χ2n) is 6.36. The van der Waals surface area contributed by atoms with Crippen molar-refractivity contribution in [2.45, 2.75) is 45.3 Å². The maximum Gasteiger partial charge on any atom is 0.407 e. The Morgan fingerprint density at radius 1 is 1.45 bits per heavy atom. The molecule has 1 aliphatic heterocycles. The summed E-state index contributed by atoms with van der Waals surface area (Å²) in [6.45, 7) is 6.98. The molecule has 2 heterocycles. The number of aromatic nitrogens is 1. The lowest BCUT2D eigenvalue weighted by atomic mass is 10.1. The number of hydrogen-bond acceptors (Lipinski definition) is 4. The summed E-state index contributed by atoms with van der Waals surface area (Å²) in [5.41, 5.74) is -0.493. The number of amides is 1. The molecule has 22 heavy (non-hydrogen) atoms. The smallest absolute Gasteiger partial charge is 0.407 e. The Hall–Kier alpha value is -1.12. The minimum absolute atomic E-state index is 0.0831. The van der Waals surface area contributed by atoms with Crippen LogP contribution in [-0.4, -0.2) is 35.8 Å². The van der Waals surface area contributed by atoms with E-state index in [0.29, 0.717) is 9.39 Å². The van der Waals surface area contributed by atoms with Crippen molar-refractivity contribution in [1.29, 1.82) is 0 Å². The molecule has 1 fully saturated rings. The number of nitrogens with one attached hydrogen (secondary N) is 1. The van der Waals surface area contributed by atoms with Crippen LogP contribution in [0, 0.1) is 9.39 Å². The van der Waals surface area contributed by atoms with E-state index in [1.807, 2.05) is 48.3 Å². The first kappa shape index (κ1) is 17.2. The van der Waals surface area contributed by atoms with Crippen molar-refractivity contribution < 1.29 is 13.9 Å². The maximum absolute atomic E-state index is 13.6. The molecular weight excluding hydrogens is 400 g/mol. The first-order valence-corrected chi connectivity index (χ1v) is 8.38. The molecule has 7 heteroatoms. The van der Waals surface area contributed by atoms with Gasteiger partial charge in [0.2, 0.25) is 0 Å². The van der Waals surface area contributed by atoms with E-state index >= 15 is 0 Å². The summed E-state index contributed by atoms with van der Waals surface area (Å²) in [7, 11) is 0. The summed E-state index contributed by atoms with van der Waals surface area (Å²) in [5, 5.41) is 2.88. The summed E-state index contributed by atoms with van der Waals surface area (Å²) in [4.78, 5) is 18.0. The molecule has 1 aromatic rings. The highest BCUT2D eigenvalue weighted by Crippen LogP contribution is 2.21. The Kier molecular flexibility index (Phi) is 5.46. The van der Waals surface area contributed by atoms with E-state index in [2.05, 4.69) is 10.3 Å². The molecule has 1 amide bonds. The van der Waals surface area contributed by atoms with Crippen LogP contribution in [0.5, 0.6) is 0 Å². The van der Waals surface area contributed by atoms with Crippen LogP contribution in [0.1, 0.15) is 33.6 Å². The number of piperidine rings is 1. The van der Waals surface area contributed by atoms with Gasteiger partial charge in [-0.3, -0.25) is 0 Å². The Morgan fingerprint density at radius 2 is 2.09 bits per heavy atom. The van der Waals surface area contributed by atoms with Crippen molar-refractivity contribution in [3.63, 3.8) is 0 Å². The molecule has 0 aliphatic carbocycles. The highest BCUT2D eigenvalue weighted by molar-refractivity contribution is 14.1. The average molecular weight is 421 g/mol. The van der Waals surface area contributed by atoms with Crippen LogP contribution in [0.2, 0.25) is 0 Å². The van der Waals surface area contributed by atoms with Crippen LogP contribution in [-0.2, 0) is 4.74 Å². The van der Waals surface area contributed by atoms with E-state index in [4.69, 9.17) is 4.74 Å². The van der Waals surface area contributed by atoms with Crippen molar-refractivity contribution in [3.05, 3.63) is 21.7 Å². The Bertz CT molecular complexity index is 540. The van der Waals surface area contributed by atoms with E-state index < -0.39 is 5.60 Å². The Labute approximate surface area is 143 Å². The van der Waals surface area contributed by atoms with Crippen molar-refractivity contribution in [2.75, 3.05) is 18.0 Å². The molecule has 0 atom stereocenters. The van der Waals surface area contributed by atoms with Gasteiger partial charge in [-0.15, -0.1) is 0 Å². The lowest BCUT2D eigenvalue weighted by Crippen LogP contribution is -2.46. The Balaban J connectivity index is 1.85. The van der Waals surface area contributed by atoms with E-state index in [9.17, 15) is 9.18 Å². The van der Waals surface area contributed by atoms with Crippen molar-refractivity contribution in [2.24, 2.45) is 0 Å². The molecule has 2 rings (SSSR count). The van der Waals surface area contributed by atoms with E-state index in [0.717, 1.165) is 25.9 Å². The fourth-order valence-corrected chi connectivity index (χ4v) is 2.60. The molecule has 1 saturated heterocycles. The molecule has 1 N–H and O–H groups in total. The first-order valence-electron chi connectivity index (χ1n) is 7.30. The molecule has 0 aromatic carbocycles. The molecular formula is C15H21FIN3O2. The number of carbonyl (C=O) groups is 1. The zero-order chi connectivity index (χ0) is 16.3. The highest BCUT2D eigenvalue weighted by Gasteiger charge is 2.24. The standard InChI is InChI=1S/C15H21FIN3O2/c1-15(2,3)22-14(21)19-10-4-6-20(7-5-10)13-8-11(16)12(17)9-18-13/h8-10H,4-7H2,1-3H3,(H,19,21). The van der Waals surface area contributed by atoms with Crippen LogP contribution < -0.4 is 10.2 Å². The summed E-state index contributed by atoms with van der Waals surface area (Å²) in [5.74, 6) is 0.397. The molecule has 0 spiro atoms. The fourth-order valence-electron chi connectivity index (χ4n) is 2.30. The molecule has 0 unspecified atom stereocenters. The summed E-state index contributed by atoms with van der Waals surface area (Å²) < 4.78 is 19.4. The molecule has 1 aliphatic rings. The first-order chi connectivity index (χ1) is 10.2. The Morgan fingerprint density at radius 3 is 2.64 bits per heavy atom. The average Bonchev–Trinajstić information content (AvgIpc) is 2.40. The minimum atomic E-state index is -0.493. The fraction of sp³-hybridized carbons (Fsp3) is 0.600. The number of hydrogen-bond donors (Lipinski definition) is 1. The van der Waals surface area contributed by atoms with Crippen LogP contribution in [0.4, 0.5) is 15.0 Å². The van der Waals surface area contributed by atoms with Gasteiger partial charge < -0.3 is 15.0 Å². The third-order valence-corrected chi connectivity index (χ3v) is 4.13. The number of anilines is 1. The van der Waals surface area contributed by atoms with Gasteiger partial charge in [-0.1, -0.05) is 0 Å². The van der Waals surface area contributed by atoms with Crippen molar-refractivity contribution >= 4 is 34.5 Å². The van der Waals surface area contributed by atoms with E-state index in [-0.39, 0.29) is 18.0 Å². The number of ether oxygens (including phenoxy) is 1. The van der Waals surface area contributed by atoms with E-state index in [1.54, 1.807) is 0 Å². The van der Waals surface area contributed by atoms with Gasteiger partial charge in [-0.25, -0.2) is 14.2 Å². The van der Waals surface area contributed by atoms with Gasteiger partial charge >= 0.3 is 6.09 Å². The minimum Gasteiger partial charge on any atom is -0.444 e. The second-order valence-corrected chi connectivity index (χ2v) is 7.53. The van der Waals surface area contributed by atoms with Gasteiger partial charge in [-0.2, -0.15) is 0 Å². The van der Waals surface area contributed by atoms with Gasteiger partial charge in [0.15, 0.2) is 0 Å². The third-order valence-electron chi connectivity index (χ3n) is 3.33. The van der Waals surface area contributed by atoms with Crippen LogP contribution in [0.25, 0.3) is 0 Å². The van der Waals surface area contributed by atoms with E-state index in [1.165, 1.54) is 12.3 Å². The monoisotopic (exact) mass is 421 g/mol. The van der Waals surface area contributed by atoms with Crippen LogP contribution in [0.15, 0.2) is 12.3 Å². The SMILES string of the molecule is CC(C)(C)OC(=O)NC1CCN(c2cc(F)c(I)cn2)CC1. The number of nitrogens with zero attached hydrogens (tertiary/aromatic N) is 2. The zero-order valence-electron chi connectivity index (χ0n) is 13.0. The normalized spacial score (nSPS) is 16.5. The van der Waals surface area contributed by atoms with Crippen LogP contribution >= 0.6 is 22.6 Å². The topological polar surface area (TPSA) is 54.5 Å². The van der Waals surface area contributed by atoms with Gasteiger partial charge in [-0.05, 0) is 56.2 Å². The molecule has 1 aromatic heterocycles. The van der Waals surface area contributed by atoms with Gasteiger partial charge in [0.25, 0.3) is 0 Å². The van der Waals surface area contributed by atoms with Crippen molar-refractivity contribution in [1.82, 2.24) is 10.3 Å². The summed E-state index contributed by atoms with van der Waals surface area (Å²) in [6.07, 6.45) is 2.73. The predicted octanol–water partition coefficient (Wildman–Crippen LogP) is 3.32. The number of pyridine rings is 1. The lowest BCUT2D eigenvalue weighted by Gasteiger charge is -2.33. The summed E-state index contributed by atoms with van der Waals surface area (Å²) >= 11 is 1.92. The second kappa shape index (κ2) is 6.97. The predicted molar refractivity (Wildman–Crippen MR) is 91.5 cm³/mol. The van der Waals surface area contributed by atoms with Gasteiger partial charge in [0.1, 0.15) is 17.2 Å².